The predicted octanol–water partition coefficient (Wildman–Crippen LogP) is 0.472. The number of hydrogen-bond donors (Lipinski definition) is 1. The van der Waals surface area contributed by atoms with Crippen LogP contribution in [0.15, 0.2) is 46.1 Å². The van der Waals surface area contributed by atoms with Gasteiger partial charge < -0.3 is 4.57 Å². The van der Waals surface area contributed by atoms with Gasteiger partial charge in [0.2, 0.25) is 0 Å². The van der Waals surface area contributed by atoms with Crippen LogP contribution in [-0.4, -0.2) is 19.1 Å². The van der Waals surface area contributed by atoms with Gasteiger partial charge in [0.15, 0.2) is 0 Å². The van der Waals surface area contributed by atoms with Crippen molar-refractivity contribution in [3.63, 3.8) is 0 Å². The van der Waals surface area contributed by atoms with Gasteiger partial charge in [-0.05, 0) is 12.1 Å². The molecular weight excluding hydrogens is 244 g/mol. The van der Waals surface area contributed by atoms with Crippen molar-refractivity contribution in [2.75, 3.05) is 0 Å². The molecule has 3 aromatic rings. The van der Waals surface area contributed by atoms with Gasteiger partial charge in [0.1, 0.15) is 5.82 Å². The fraction of sp³-hybridized carbons (Fsp3) is 0.154. The summed E-state index contributed by atoms with van der Waals surface area (Å²) >= 11 is 0. The normalized spacial score (nSPS) is 11.0. The molecule has 0 aliphatic carbocycles. The lowest BCUT2D eigenvalue weighted by Crippen LogP contribution is -2.29. The van der Waals surface area contributed by atoms with Gasteiger partial charge in [-0.3, -0.25) is 14.3 Å². The molecule has 6 heteroatoms. The van der Waals surface area contributed by atoms with Crippen LogP contribution in [0.4, 0.5) is 0 Å². The lowest BCUT2D eigenvalue weighted by atomic mass is 10.3. The minimum absolute atomic E-state index is 0.320. The molecule has 0 atom stereocenters. The van der Waals surface area contributed by atoms with Crippen molar-refractivity contribution in [2.45, 2.75) is 6.54 Å². The second kappa shape index (κ2) is 4.24. The van der Waals surface area contributed by atoms with Gasteiger partial charge in [-0.2, -0.15) is 0 Å². The quantitative estimate of drug-likeness (QED) is 0.724. The minimum atomic E-state index is -0.431. The molecule has 0 bridgehead atoms. The number of aromatic amines is 1. The molecule has 0 unspecified atom stereocenters. The molecule has 0 radical (unpaired) electrons. The monoisotopic (exact) mass is 256 g/mol. The molecule has 0 amide bonds. The molecule has 2 aromatic heterocycles. The standard InChI is InChI=1S/C13H12N4O2/c1-16-10-5-3-2-4-9(10)14-11(16)8-17-7-6-12(18)15-13(17)19/h2-7H,8H2,1H3,(H,15,18,19). The number of nitrogens with zero attached hydrogens (tertiary/aromatic N) is 3. The zero-order valence-electron chi connectivity index (χ0n) is 10.3. The number of imidazole rings is 1. The molecule has 0 aliphatic rings. The lowest BCUT2D eigenvalue weighted by Gasteiger charge is -2.04. The molecule has 6 nitrogen and oxygen atoms in total. The summed E-state index contributed by atoms with van der Waals surface area (Å²) in [4.78, 5) is 29.4. The molecule has 1 aromatic carbocycles. The highest BCUT2D eigenvalue weighted by Gasteiger charge is 2.08. The van der Waals surface area contributed by atoms with Crippen molar-refractivity contribution < 1.29 is 0 Å². The summed E-state index contributed by atoms with van der Waals surface area (Å²) in [6, 6.07) is 9.09. The molecule has 1 N–H and O–H groups in total. The van der Waals surface area contributed by atoms with E-state index in [1.165, 1.54) is 16.8 Å². The van der Waals surface area contributed by atoms with E-state index in [0.717, 1.165) is 16.9 Å². The maximum absolute atomic E-state index is 11.6. The molecule has 0 spiro atoms. The van der Waals surface area contributed by atoms with Crippen LogP contribution in [0.1, 0.15) is 5.82 Å². The number of fused-ring (bicyclic) bond motifs is 1. The first-order chi connectivity index (χ1) is 9.15. The van der Waals surface area contributed by atoms with E-state index in [4.69, 9.17) is 0 Å². The Morgan fingerprint density at radius 3 is 2.74 bits per heavy atom. The van der Waals surface area contributed by atoms with Gasteiger partial charge in [-0.25, -0.2) is 9.78 Å². The van der Waals surface area contributed by atoms with E-state index < -0.39 is 11.2 Å². The largest absolute Gasteiger partial charge is 0.330 e. The van der Waals surface area contributed by atoms with Crippen molar-refractivity contribution in [3.8, 4) is 0 Å². The highest BCUT2D eigenvalue weighted by atomic mass is 16.2. The molecule has 0 saturated heterocycles. The van der Waals surface area contributed by atoms with Crippen LogP contribution in [-0.2, 0) is 13.6 Å². The van der Waals surface area contributed by atoms with Crippen LogP contribution in [0.25, 0.3) is 11.0 Å². The van der Waals surface area contributed by atoms with Crippen molar-refractivity contribution in [3.05, 3.63) is 63.2 Å². The number of para-hydroxylation sites is 2. The first-order valence-corrected chi connectivity index (χ1v) is 5.85. The van der Waals surface area contributed by atoms with Gasteiger partial charge in [0.05, 0.1) is 17.6 Å². The number of aromatic nitrogens is 4. The zero-order valence-corrected chi connectivity index (χ0v) is 10.3. The Hall–Kier alpha value is -2.63. The number of rotatable bonds is 2. The fourth-order valence-corrected chi connectivity index (χ4v) is 2.06. The smallest absolute Gasteiger partial charge is 0.328 e. The van der Waals surface area contributed by atoms with Crippen LogP contribution >= 0.6 is 0 Å². The molecule has 0 saturated carbocycles. The average molecular weight is 256 g/mol. The molecule has 3 rings (SSSR count). The molecule has 96 valence electrons. The Morgan fingerprint density at radius 1 is 1.21 bits per heavy atom. The van der Waals surface area contributed by atoms with Gasteiger partial charge in [-0.15, -0.1) is 0 Å². The number of nitrogens with one attached hydrogen (secondary N) is 1. The summed E-state index contributed by atoms with van der Waals surface area (Å²) in [5.74, 6) is 0.760. The van der Waals surface area contributed by atoms with Crippen molar-refractivity contribution >= 4 is 11.0 Å². The number of aryl methyl sites for hydroxylation is 1. The van der Waals surface area contributed by atoms with Gasteiger partial charge >= 0.3 is 5.69 Å². The average Bonchev–Trinajstić information content (AvgIpc) is 2.70. The Bertz CT molecular complexity index is 857. The first kappa shape index (κ1) is 11.5. The molecule has 0 fully saturated rings. The van der Waals surface area contributed by atoms with Crippen molar-refractivity contribution in [2.24, 2.45) is 7.05 Å². The third-order valence-electron chi connectivity index (χ3n) is 3.09. The third-order valence-corrected chi connectivity index (χ3v) is 3.09. The fourth-order valence-electron chi connectivity index (χ4n) is 2.06. The predicted molar refractivity (Wildman–Crippen MR) is 71.1 cm³/mol. The second-order valence-corrected chi connectivity index (χ2v) is 4.31. The van der Waals surface area contributed by atoms with E-state index in [1.807, 2.05) is 35.9 Å². The first-order valence-electron chi connectivity index (χ1n) is 5.85. The van der Waals surface area contributed by atoms with Crippen LogP contribution in [0.5, 0.6) is 0 Å². The summed E-state index contributed by atoms with van der Waals surface area (Å²) < 4.78 is 3.36. The molecule has 2 heterocycles. The van der Waals surface area contributed by atoms with Crippen LogP contribution in [0.3, 0.4) is 0 Å². The zero-order chi connectivity index (χ0) is 13.4. The number of H-pyrrole nitrogens is 1. The summed E-state index contributed by atoms with van der Waals surface area (Å²) in [5.41, 5.74) is 1.07. The van der Waals surface area contributed by atoms with Crippen molar-refractivity contribution in [1.29, 1.82) is 0 Å². The molecule has 19 heavy (non-hydrogen) atoms. The van der Waals surface area contributed by atoms with Crippen LogP contribution in [0, 0.1) is 0 Å². The highest BCUT2D eigenvalue weighted by molar-refractivity contribution is 5.75. The molecular formula is C13H12N4O2. The Morgan fingerprint density at radius 2 is 2.00 bits per heavy atom. The topological polar surface area (TPSA) is 72.7 Å². The summed E-state index contributed by atoms with van der Waals surface area (Å²) in [5, 5.41) is 0. The molecule has 0 aliphatic heterocycles. The van der Waals surface area contributed by atoms with Crippen LogP contribution < -0.4 is 11.2 Å². The Kier molecular flexibility index (Phi) is 2.56. The number of hydrogen-bond acceptors (Lipinski definition) is 3. The van der Waals surface area contributed by atoms with E-state index in [1.54, 1.807) is 0 Å². The second-order valence-electron chi connectivity index (χ2n) is 4.31. The SMILES string of the molecule is Cn1c(Cn2ccc(=O)[nH]c2=O)nc2ccccc21. The summed E-state index contributed by atoms with van der Waals surface area (Å²) in [6.07, 6.45) is 1.47. The third kappa shape index (κ3) is 1.97. The maximum atomic E-state index is 11.6. The Balaban J connectivity index is 2.08. The van der Waals surface area contributed by atoms with E-state index in [9.17, 15) is 9.59 Å². The van der Waals surface area contributed by atoms with E-state index in [-0.39, 0.29) is 0 Å². The van der Waals surface area contributed by atoms with E-state index >= 15 is 0 Å². The Labute approximate surface area is 108 Å². The summed E-state index contributed by atoms with van der Waals surface area (Å²) in [6.45, 7) is 0.320. The number of benzene rings is 1. The van der Waals surface area contributed by atoms with Gasteiger partial charge in [-0.1, -0.05) is 12.1 Å². The van der Waals surface area contributed by atoms with Crippen molar-refractivity contribution in [1.82, 2.24) is 19.1 Å². The maximum Gasteiger partial charge on any atom is 0.328 e. The minimum Gasteiger partial charge on any atom is -0.330 e. The van der Waals surface area contributed by atoms with Crippen LogP contribution in [0.2, 0.25) is 0 Å². The lowest BCUT2D eigenvalue weighted by molar-refractivity contribution is 0.663. The van der Waals surface area contributed by atoms with Gasteiger partial charge in [0.25, 0.3) is 5.56 Å². The van der Waals surface area contributed by atoms with E-state index in [2.05, 4.69) is 9.97 Å². The summed E-state index contributed by atoms with van der Waals surface area (Å²) in [7, 11) is 1.90. The highest BCUT2D eigenvalue weighted by Crippen LogP contribution is 2.14. The van der Waals surface area contributed by atoms with Gasteiger partial charge in [0, 0.05) is 19.3 Å². The van der Waals surface area contributed by atoms with E-state index in [0.29, 0.717) is 6.54 Å².